The van der Waals surface area contributed by atoms with Gasteiger partial charge in [0.15, 0.2) is 0 Å². The Morgan fingerprint density at radius 2 is 1.58 bits per heavy atom. The summed E-state index contributed by atoms with van der Waals surface area (Å²) in [6.45, 7) is 1.18. The zero-order valence-electron chi connectivity index (χ0n) is 15.0. The molecule has 138 valence electrons. The van der Waals surface area contributed by atoms with Crippen molar-refractivity contribution in [2.24, 2.45) is 0 Å². The number of amides is 1. The van der Waals surface area contributed by atoms with Crippen molar-refractivity contribution in [3.63, 3.8) is 0 Å². The Hall–Kier alpha value is -2.18. The molecule has 0 radical (unpaired) electrons. The van der Waals surface area contributed by atoms with Crippen LogP contribution in [0.25, 0.3) is 0 Å². The van der Waals surface area contributed by atoms with Crippen molar-refractivity contribution in [3.8, 4) is 0 Å². The second kappa shape index (κ2) is 8.01. The molecule has 0 aliphatic carbocycles. The third kappa shape index (κ3) is 4.14. The van der Waals surface area contributed by atoms with Gasteiger partial charge in [-0.3, -0.25) is 4.79 Å². The van der Waals surface area contributed by atoms with Crippen LogP contribution in [0.5, 0.6) is 0 Å². The van der Waals surface area contributed by atoms with E-state index in [4.69, 9.17) is 0 Å². The van der Waals surface area contributed by atoms with Gasteiger partial charge in [-0.1, -0.05) is 36.8 Å². The number of likely N-dealkylation sites (N-methyl/N-ethyl adjacent to an activating group) is 1. The molecule has 0 bridgehead atoms. The van der Waals surface area contributed by atoms with Crippen LogP contribution in [0.1, 0.15) is 24.8 Å². The summed E-state index contributed by atoms with van der Waals surface area (Å²) < 4.78 is 26.9. The highest BCUT2D eigenvalue weighted by Gasteiger charge is 2.25. The minimum absolute atomic E-state index is 0.0390. The molecular formula is C20H24N2O3S. The minimum Gasteiger partial charge on any atom is -0.315 e. The van der Waals surface area contributed by atoms with Crippen molar-refractivity contribution in [1.82, 2.24) is 4.31 Å². The lowest BCUT2D eigenvalue weighted by Crippen LogP contribution is -2.35. The number of carbonyl (C=O) groups is 1. The normalized spacial score (nSPS) is 15.6. The van der Waals surface area contributed by atoms with Crippen molar-refractivity contribution in [2.75, 3.05) is 25.0 Å². The first kappa shape index (κ1) is 18.6. The Balaban J connectivity index is 1.68. The summed E-state index contributed by atoms with van der Waals surface area (Å²) in [7, 11) is -1.69. The maximum absolute atomic E-state index is 12.7. The van der Waals surface area contributed by atoms with Crippen LogP contribution in [0.3, 0.4) is 0 Å². The van der Waals surface area contributed by atoms with E-state index in [1.807, 2.05) is 30.3 Å². The molecule has 1 fully saturated rings. The lowest BCUT2D eigenvalue weighted by atomic mass is 10.1. The molecule has 2 aromatic rings. The Morgan fingerprint density at radius 3 is 2.19 bits per heavy atom. The molecule has 1 aliphatic rings. The van der Waals surface area contributed by atoms with Crippen molar-refractivity contribution < 1.29 is 13.2 Å². The first-order valence-corrected chi connectivity index (χ1v) is 10.3. The Bertz CT molecular complexity index is 842. The molecule has 0 unspecified atom stereocenters. The number of piperidine rings is 1. The van der Waals surface area contributed by atoms with E-state index in [1.165, 1.54) is 0 Å². The molecule has 0 aromatic heterocycles. The first-order chi connectivity index (χ1) is 12.5. The van der Waals surface area contributed by atoms with Crippen LogP contribution in [0, 0.1) is 0 Å². The van der Waals surface area contributed by atoms with Gasteiger partial charge in [0.2, 0.25) is 15.9 Å². The van der Waals surface area contributed by atoms with Gasteiger partial charge in [-0.05, 0) is 42.7 Å². The van der Waals surface area contributed by atoms with E-state index in [-0.39, 0.29) is 12.3 Å². The van der Waals surface area contributed by atoms with Crippen LogP contribution >= 0.6 is 0 Å². The summed E-state index contributed by atoms with van der Waals surface area (Å²) in [6.07, 6.45) is 3.15. The molecule has 0 N–H and O–H groups in total. The van der Waals surface area contributed by atoms with Crippen LogP contribution in [-0.4, -0.2) is 38.8 Å². The molecule has 3 rings (SSSR count). The summed E-state index contributed by atoms with van der Waals surface area (Å²) >= 11 is 0. The predicted molar refractivity (Wildman–Crippen MR) is 103 cm³/mol. The molecular weight excluding hydrogens is 348 g/mol. The second-order valence-corrected chi connectivity index (χ2v) is 8.51. The van der Waals surface area contributed by atoms with Gasteiger partial charge in [0.1, 0.15) is 0 Å². The number of anilines is 1. The quantitative estimate of drug-likeness (QED) is 0.810. The molecule has 1 amide bonds. The lowest BCUT2D eigenvalue weighted by molar-refractivity contribution is -0.117. The van der Waals surface area contributed by atoms with Crippen LogP contribution < -0.4 is 4.90 Å². The number of benzene rings is 2. The number of rotatable bonds is 5. The predicted octanol–water partition coefficient (Wildman–Crippen LogP) is 3.07. The van der Waals surface area contributed by atoms with Gasteiger partial charge in [0.25, 0.3) is 0 Å². The lowest BCUT2D eigenvalue weighted by Gasteiger charge is -2.25. The Kier molecular flexibility index (Phi) is 5.74. The van der Waals surface area contributed by atoms with E-state index in [9.17, 15) is 13.2 Å². The standard InChI is InChI=1S/C20H24N2O3S/c1-21(18-8-4-2-5-9-18)20(23)16-17-10-12-19(13-11-17)26(24,25)22-14-6-3-7-15-22/h2,4-5,8-13H,3,6-7,14-16H2,1H3. The number of nitrogens with zero attached hydrogens (tertiary/aromatic N) is 2. The molecule has 1 saturated heterocycles. The topological polar surface area (TPSA) is 57.7 Å². The number of para-hydroxylation sites is 1. The summed E-state index contributed by atoms with van der Waals surface area (Å²) in [5.41, 5.74) is 1.64. The summed E-state index contributed by atoms with van der Waals surface area (Å²) in [5.74, 6) is -0.0390. The Labute approximate surface area is 155 Å². The molecule has 26 heavy (non-hydrogen) atoms. The fourth-order valence-electron chi connectivity index (χ4n) is 3.12. The third-order valence-corrected chi connectivity index (χ3v) is 6.66. The molecule has 0 spiro atoms. The SMILES string of the molecule is CN(C(=O)Cc1ccc(S(=O)(=O)N2CCCCC2)cc1)c1ccccc1. The van der Waals surface area contributed by atoms with Gasteiger partial charge in [-0.25, -0.2) is 8.42 Å². The average Bonchev–Trinajstić information content (AvgIpc) is 2.69. The Morgan fingerprint density at radius 1 is 0.962 bits per heavy atom. The molecule has 1 heterocycles. The van der Waals surface area contributed by atoms with Crippen molar-refractivity contribution in [2.45, 2.75) is 30.6 Å². The zero-order valence-corrected chi connectivity index (χ0v) is 15.8. The van der Waals surface area contributed by atoms with Gasteiger partial charge >= 0.3 is 0 Å². The maximum Gasteiger partial charge on any atom is 0.243 e. The summed E-state index contributed by atoms with van der Waals surface area (Å²) in [4.78, 5) is 14.3. The molecule has 2 aromatic carbocycles. The summed E-state index contributed by atoms with van der Waals surface area (Å²) in [5, 5.41) is 0. The van der Waals surface area contributed by atoms with E-state index in [0.29, 0.717) is 18.0 Å². The van der Waals surface area contributed by atoms with E-state index in [0.717, 1.165) is 30.5 Å². The van der Waals surface area contributed by atoms with Gasteiger partial charge < -0.3 is 4.90 Å². The average molecular weight is 372 g/mol. The first-order valence-electron chi connectivity index (χ1n) is 8.89. The van der Waals surface area contributed by atoms with E-state index < -0.39 is 10.0 Å². The largest absolute Gasteiger partial charge is 0.315 e. The maximum atomic E-state index is 12.7. The van der Waals surface area contributed by atoms with Crippen LogP contribution in [0.15, 0.2) is 59.5 Å². The van der Waals surface area contributed by atoms with Crippen molar-refractivity contribution >= 4 is 21.6 Å². The smallest absolute Gasteiger partial charge is 0.243 e. The molecule has 6 heteroatoms. The minimum atomic E-state index is -3.43. The highest BCUT2D eigenvalue weighted by molar-refractivity contribution is 7.89. The zero-order chi connectivity index (χ0) is 18.6. The molecule has 0 saturated carbocycles. The number of hydrogen-bond donors (Lipinski definition) is 0. The fraction of sp³-hybridized carbons (Fsp3) is 0.350. The van der Waals surface area contributed by atoms with Crippen molar-refractivity contribution in [1.29, 1.82) is 0 Å². The van der Waals surface area contributed by atoms with E-state index in [1.54, 1.807) is 40.5 Å². The van der Waals surface area contributed by atoms with Crippen LogP contribution in [-0.2, 0) is 21.2 Å². The number of sulfonamides is 1. The molecule has 0 atom stereocenters. The van der Waals surface area contributed by atoms with Crippen LogP contribution in [0.4, 0.5) is 5.69 Å². The summed E-state index contributed by atoms with van der Waals surface area (Å²) in [6, 6.07) is 16.1. The third-order valence-electron chi connectivity index (χ3n) is 4.75. The highest BCUT2D eigenvalue weighted by atomic mass is 32.2. The van der Waals surface area contributed by atoms with Gasteiger partial charge in [0.05, 0.1) is 11.3 Å². The van der Waals surface area contributed by atoms with Gasteiger partial charge in [-0.15, -0.1) is 0 Å². The number of hydrogen-bond acceptors (Lipinski definition) is 3. The van der Waals surface area contributed by atoms with E-state index in [2.05, 4.69) is 0 Å². The van der Waals surface area contributed by atoms with Gasteiger partial charge in [0, 0.05) is 25.8 Å². The highest BCUT2D eigenvalue weighted by Crippen LogP contribution is 2.21. The van der Waals surface area contributed by atoms with Crippen molar-refractivity contribution in [3.05, 3.63) is 60.2 Å². The monoisotopic (exact) mass is 372 g/mol. The second-order valence-electron chi connectivity index (χ2n) is 6.57. The van der Waals surface area contributed by atoms with E-state index >= 15 is 0 Å². The molecule has 1 aliphatic heterocycles. The van der Waals surface area contributed by atoms with Crippen LogP contribution in [0.2, 0.25) is 0 Å². The fourth-order valence-corrected chi connectivity index (χ4v) is 4.64. The molecule has 5 nitrogen and oxygen atoms in total. The van der Waals surface area contributed by atoms with Gasteiger partial charge in [-0.2, -0.15) is 4.31 Å². The number of carbonyl (C=O) groups excluding carboxylic acids is 1.